The highest BCUT2D eigenvalue weighted by molar-refractivity contribution is 7.92. The number of sulfonamides is 1. The first-order chi connectivity index (χ1) is 14.2. The lowest BCUT2D eigenvalue weighted by molar-refractivity contribution is -0.275. The molecule has 0 radical (unpaired) electrons. The third-order valence-electron chi connectivity index (χ3n) is 4.23. The number of benzene rings is 3. The molecule has 0 saturated carbocycles. The first-order valence-corrected chi connectivity index (χ1v) is 10.1. The van der Waals surface area contributed by atoms with Gasteiger partial charge in [-0.05, 0) is 30.3 Å². The van der Waals surface area contributed by atoms with Crippen LogP contribution in [0.2, 0.25) is 0 Å². The summed E-state index contributed by atoms with van der Waals surface area (Å²) in [6, 6.07) is 18.5. The Balaban J connectivity index is 1.71. The highest BCUT2D eigenvalue weighted by atomic mass is 32.2. The summed E-state index contributed by atoms with van der Waals surface area (Å²) in [6.07, 6.45) is -5.02. The maximum Gasteiger partial charge on any atom is 0.573 e. The van der Waals surface area contributed by atoms with Gasteiger partial charge in [0.2, 0.25) is 0 Å². The zero-order valence-corrected chi connectivity index (χ0v) is 16.0. The van der Waals surface area contributed by atoms with Crippen LogP contribution in [-0.4, -0.2) is 25.0 Å². The van der Waals surface area contributed by atoms with Crippen LogP contribution in [0, 0.1) is 0 Å². The van der Waals surface area contributed by atoms with Gasteiger partial charge in [0.15, 0.2) is 0 Å². The second-order valence-electron chi connectivity index (χ2n) is 6.30. The Bertz CT molecular complexity index is 1300. The number of fused-ring (bicyclic) bond motifs is 1. The molecule has 10 heteroatoms. The molecule has 0 aliphatic carbocycles. The van der Waals surface area contributed by atoms with E-state index in [0.717, 1.165) is 17.7 Å². The molecular weight excluding hydrogens is 419 g/mol. The van der Waals surface area contributed by atoms with Crippen LogP contribution in [0.1, 0.15) is 0 Å². The van der Waals surface area contributed by atoms with Crippen LogP contribution < -0.4 is 9.46 Å². The summed E-state index contributed by atoms with van der Waals surface area (Å²) in [5.41, 5.74) is 2.29. The van der Waals surface area contributed by atoms with Crippen molar-refractivity contribution in [3.8, 4) is 17.0 Å². The van der Waals surface area contributed by atoms with E-state index >= 15 is 0 Å². The molecule has 0 bridgehead atoms. The zero-order chi connectivity index (χ0) is 21.4. The van der Waals surface area contributed by atoms with E-state index in [9.17, 15) is 21.6 Å². The number of alkyl halides is 3. The first-order valence-electron chi connectivity index (χ1n) is 8.64. The van der Waals surface area contributed by atoms with Gasteiger partial charge in [0.05, 0.1) is 11.2 Å². The van der Waals surface area contributed by atoms with Crippen molar-refractivity contribution in [1.29, 1.82) is 0 Å². The van der Waals surface area contributed by atoms with Crippen LogP contribution in [0.4, 0.5) is 18.9 Å². The second-order valence-corrected chi connectivity index (χ2v) is 7.95. The lowest BCUT2D eigenvalue weighted by atomic mass is 10.1. The lowest BCUT2D eigenvalue weighted by Gasteiger charge is -2.14. The van der Waals surface area contributed by atoms with Gasteiger partial charge in [0.1, 0.15) is 10.6 Å². The van der Waals surface area contributed by atoms with Gasteiger partial charge in [-0.25, -0.2) is 8.42 Å². The Morgan fingerprint density at radius 1 is 0.933 bits per heavy atom. The van der Waals surface area contributed by atoms with Crippen LogP contribution >= 0.6 is 0 Å². The van der Waals surface area contributed by atoms with Crippen molar-refractivity contribution in [2.24, 2.45) is 0 Å². The molecule has 1 aromatic heterocycles. The molecule has 30 heavy (non-hydrogen) atoms. The van der Waals surface area contributed by atoms with E-state index in [1.807, 2.05) is 30.3 Å². The highest BCUT2D eigenvalue weighted by Crippen LogP contribution is 2.32. The maximum atomic E-state index is 12.8. The predicted octanol–water partition coefficient (Wildman–Crippen LogP) is 4.93. The van der Waals surface area contributed by atoms with Gasteiger partial charge >= 0.3 is 6.36 Å². The Kier molecular flexibility index (Phi) is 4.86. The summed E-state index contributed by atoms with van der Waals surface area (Å²) in [7, 11) is -4.35. The SMILES string of the molecule is O=S(=O)(Nc1ccc2[nH]nc(-c3ccccc3)c2c1)c1ccccc1OC(F)(F)F. The van der Waals surface area contributed by atoms with Crippen molar-refractivity contribution in [2.75, 3.05) is 4.72 Å². The summed E-state index contributed by atoms with van der Waals surface area (Å²) in [5.74, 6) is -0.813. The molecule has 0 fully saturated rings. The van der Waals surface area contributed by atoms with E-state index in [2.05, 4.69) is 19.7 Å². The van der Waals surface area contributed by atoms with Gasteiger partial charge in [0, 0.05) is 16.6 Å². The third-order valence-corrected chi connectivity index (χ3v) is 5.65. The molecule has 4 rings (SSSR count). The van der Waals surface area contributed by atoms with Crippen molar-refractivity contribution >= 4 is 26.6 Å². The Morgan fingerprint density at radius 2 is 1.63 bits per heavy atom. The van der Waals surface area contributed by atoms with E-state index in [-0.39, 0.29) is 5.69 Å². The molecule has 3 aromatic carbocycles. The number of aromatic amines is 1. The van der Waals surface area contributed by atoms with Crippen LogP contribution in [0.15, 0.2) is 77.7 Å². The van der Waals surface area contributed by atoms with E-state index < -0.39 is 27.0 Å². The molecule has 0 spiro atoms. The number of anilines is 1. The van der Waals surface area contributed by atoms with Gasteiger partial charge in [-0.1, -0.05) is 42.5 Å². The molecule has 154 valence electrons. The number of hydrogen-bond donors (Lipinski definition) is 2. The fourth-order valence-electron chi connectivity index (χ4n) is 2.98. The molecule has 0 amide bonds. The Labute approximate surface area is 169 Å². The Hall–Kier alpha value is -3.53. The van der Waals surface area contributed by atoms with Crippen LogP contribution in [0.3, 0.4) is 0 Å². The average Bonchev–Trinajstić information content (AvgIpc) is 3.10. The normalized spacial score (nSPS) is 12.1. The number of nitrogens with one attached hydrogen (secondary N) is 2. The minimum Gasteiger partial charge on any atom is -0.404 e. The Morgan fingerprint density at radius 3 is 2.37 bits per heavy atom. The number of H-pyrrole nitrogens is 1. The fraction of sp³-hybridized carbons (Fsp3) is 0.0500. The summed E-state index contributed by atoms with van der Waals surface area (Å²) in [5, 5.41) is 7.79. The quantitative estimate of drug-likeness (QED) is 0.468. The number of ether oxygens (including phenoxy) is 1. The molecule has 1 heterocycles. The number of rotatable bonds is 5. The van der Waals surface area contributed by atoms with Gasteiger partial charge in [-0.2, -0.15) is 5.10 Å². The molecule has 0 aliphatic rings. The number of halogens is 3. The van der Waals surface area contributed by atoms with Crippen molar-refractivity contribution < 1.29 is 26.3 Å². The number of nitrogens with zero attached hydrogens (tertiary/aromatic N) is 1. The van der Waals surface area contributed by atoms with E-state index in [4.69, 9.17) is 0 Å². The van der Waals surface area contributed by atoms with Crippen molar-refractivity contribution in [2.45, 2.75) is 11.3 Å². The van der Waals surface area contributed by atoms with E-state index in [0.29, 0.717) is 16.6 Å². The average molecular weight is 433 g/mol. The number of aromatic nitrogens is 2. The summed E-state index contributed by atoms with van der Waals surface area (Å²) in [6.45, 7) is 0. The van der Waals surface area contributed by atoms with E-state index in [1.54, 1.807) is 12.1 Å². The van der Waals surface area contributed by atoms with Gasteiger partial charge in [-0.3, -0.25) is 9.82 Å². The van der Waals surface area contributed by atoms with Gasteiger partial charge in [0.25, 0.3) is 10.0 Å². The molecular formula is C20H14F3N3O3S. The number of para-hydroxylation sites is 1. The summed E-state index contributed by atoms with van der Waals surface area (Å²) < 4.78 is 69.6. The first kappa shape index (κ1) is 19.8. The fourth-order valence-corrected chi connectivity index (χ4v) is 4.16. The molecule has 0 unspecified atom stereocenters. The second kappa shape index (κ2) is 7.38. The van der Waals surface area contributed by atoms with Gasteiger partial charge < -0.3 is 4.74 Å². The van der Waals surface area contributed by atoms with Crippen LogP contribution in [0.25, 0.3) is 22.2 Å². The zero-order valence-electron chi connectivity index (χ0n) is 15.1. The molecule has 0 saturated heterocycles. The van der Waals surface area contributed by atoms with Crippen LogP contribution in [-0.2, 0) is 10.0 Å². The monoisotopic (exact) mass is 433 g/mol. The maximum absolute atomic E-state index is 12.8. The standard InChI is InChI=1S/C20H14F3N3O3S/c21-20(22,23)29-17-8-4-5-9-18(17)30(27,28)26-14-10-11-16-15(12-14)19(25-24-16)13-6-2-1-3-7-13/h1-12,26H,(H,24,25). The molecule has 2 N–H and O–H groups in total. The van der Waals surface area contributed by atoms with Crippen molar-refractivity contribution in [1.82, 2.24) is 10.2 Å². The molecule has 0 aliphatic heterocycles. The minimum atomic E-state index is -5.02. The predicted molar refractivity (Wildman–Crippen MR) is 105 cm³/mol. The van der Waals surface area contributed by atoms with Gasteiger partial charge in [-0.15, -0.1) is 13.2 Å². The summed E-state index contributed by atoms with van der Waals surface area (Å²) >= 11 is 0. The van der Waals surface area contributed by atoms with Crippen molar-refractivity contribution in [3.63, 3.8) is 0 Å². The molecule has 4 aromatic rings. The topological polar surface area (TPSA) is 84.1 Å². The minimum absolute atomic E-state index is 0.169. The molecule has 0 atom stereocenters. The third kappa shape index (κ3) is 4.08. The van der Waals surface area contributed by atoms with Crippen molar-refractivity contribution in [3.05, 3.63) is 72.8 Å². The summed E-state index contributed by atoms with van der Waals surface area (Å²) in [4.78, 5) is -0.627. The smallest absolute Gasteiger partial charge is 0.404 e. The number of hydrogen-bond acceptors (Lipinski definition) is 4. The van der Waals surface area contributed by atoms with E-state index in [1.165, 1.54) is 18.2 Å². The lowest BCUT2D eigenvalue weighted by Crippen LogP contribution is -2.20. The van der Waals surface area contributed by atoms with Crippen LogP contribution in [0.5, 0.6) is 5.75 Å². The largest absolute Gasteiger partial charge is 0.573 e. The molecule has 6 nitrogen and oxygen atoms in total. The highest BCUT2D eigenvalue weighted by Gasteiger charge is 2.34.